The van der Waals surface area contributed by atoms with Crippen molar-refractivity contribution in [3.05, 3.63) is 77.1 Å². The fourth-order valence-corrected chi connectivity index (χ4v) is 3.63. The minimum absolute atomic E-state index is 0.234. The molecule has 30 heavy (non-hydrogen) atoms. The van der Waals surface area contributed by atoms with Crippen LogP contribution in [0.4, 0.5) is 5.82 Å². The van der Waals surface area contributed by atoms with Gasteiger partial charge in [-0.3, -0.25) is 4.79 Å². The van der Waals surface area contributed by atoms with Gasteiger partial charge >= 0.3 is 0 Å². The van der Waals surface area contributed by atoms with E-state index in [-0.39, 0.29) is 6.04 Å². The Hall–Kier alpha value is -3.71. The number of nitrogens with zero attached hydrogens (tertiary/aromatic N) is 2. The summed E-state index contributed by atoms with van der Waals surface area (Å²) in [6.45, 7) is 4.44. The lowest BCUT2D eigenvalue weighted by molar-refractivity contribution is 0.100. The quantitative estimate of drug-likeness (QED) is 0.393. The highest BCUT2D eigenvalue weighted by Gasteiger charge is 2.20. The average molecular weight is 400 g/mol. The van der Waals surface area contributed by atoms with Crippen molar-refractivity contribution in [2.75, 3.05) is 5.32 Å². The molecule has 0 aliphatic rings. The highest BCUT2D eigenvalue weighted by Crippen LogP contribution is 2.34. The summed E-state index contributed by atoms with van der Waals surface area (Å²) in [4.78, 5) is 24.7. The van der Waals surface area contributed by atoms with E-state index < -0.39 is 5.91 Å². The molecule has 0 saturated carbocycles. The third-order valence-corrected chi connectivity index (χ3v) is 5.11. The van der Waals surface area contributed by atoms with Crippen LogP contribution >= 0.6 is 0 Å². The number of rotatable bonds is 6. The number of fused-ring (bicyclic) bond motifs is 1. The number of nitrogens with one attached hydrogen (secondary N) is 2. The minimum Gasteiger partial charge on any atom is -0.366 e. The second kappa shape index (κ2) is 7.96. The molecular weight excluding hydrogens is 376 g/mol. The van der Waals surface area contributed by atoms with Crippen molar-refractivity contribution in [3.63, 3.8) is 0 Å². The number of carbonyl (C=O) groups excluding carboxylic acids is 1. The fourth-order valence-electron chi connectivity index (χ4n) is 3.63. The van der Waals surface area contributed by atoms with E-state index in [1.54, 1.807) is 18.3 Å². The zero-order chi connectivity index (χ0) is 21.3. The van der Waals surface area contributed by atoms with Gasteiger partial charge in [0.05, 0.1) is 0 Å². The molecule has 152 valence electrons. The number of primary amides is 1. The maximum atomic E-state index is 12.0. The molecule has 0 spiro atoms. The molecule has 7 heteroatoms. The van der Waals surface area contributed by atoms with E-state index >= 15 is 0 Å². The topological polar surface area (TPSA) is 123 Å². The number of carbonyl (C=O) groups is 1. The monoisotopic (exact) mass is 400 g/mol. The molecule has 0 aliphatic carbocycles. The van der Waals surface area contributed by atoms with Crippen LogP contribution in [-0.2, 0) is 6.54 Å². The first kappa shape index (κ1) is 19.6. The van der Waals surface area contributed by atoms with Crippen molar-refractivity contribution in [1.82, 2.24) is 15.0 Å². The van der Waals surface area contributed by atoms with Gasteiger partial charge in [-0.1, -0.05) is 36.4 Å². The van der Waals surface area contributed by atoms with Crippen molar-refractivity contribution in [3.8, 4) is 11.4 Å². The Morgan fingerprint density at radius 3 is 2.63 bits per heavy atom. The second-order valence-electron chi connectivity index (χ2n) is 7.34. The molecule has 0 aliphatic heterocycles. The van der Waals surface area contributed by atoms with Crippen LogP contribution in [0.1, 0.15) is 40.1 Å². The van der Waals surface area contributed by atoms with E-state index in [0.29, 0.717) is 23.8 Å². The predicted molar refractivity (Wildman–Crippen MR) is 119 cm³/mol. The largest absolute Gasteiger partial charge is 0.366 e. The number of aromatic nitrogens is 3. The lowest BCUT2D eigenvalue weighted by atomic mass is 10.0. The number of H-pyrrole nitrogens is 1. The van der Waals surface area contributed by atoms with E-state index in [4.69, 9.17) is 16.5 Å². The molecule has 1 atom stereocenters. The van der Waals surface area contributed by atoms with Gasteiger partial charge in [0.25, 0.3) is 0 Å². The number of nitrogens with two attached hydrogens (primary N) is 2. The molecule has 4 rings (SSSR count). The number of aromatic amines is 1. The van der Waals surface area contributed by atoms with Gasteiger partial charge in [-0.2, -0.15) is 0 Å². The highest BCUT2D eigenvalue weighted by atomic mass is 16.1. The first-order valence-electron chi connectivity index (χ1n) is 9.77. The molecule has 7 nitrogen and oxygen atoms in total. The summed E-state index contributed by atoms with van der Waals surface area (Å²) < 4.78 is 0. The summed E-state index contributed by atoms with van der Waals surface area (Å²) in [6.07, 6.45) is 1.74. The summed E-state index contributed by atoms with van der Waals surface area (Å²) in [5.41, 5.74) is 16.6. The average Bonchev–Trinajstić information content (AvgIpc) is 3.08. The van der Waals surface area contributed by atoms with Crippen molar-refractivity contribution >= 4 is 22.6 Å². The van der Waals surface area contributed by atoms with Crippen LogP contribution in [0.25, 0.3) is 22.3 Å². The molecule has 2 heterocycles. The lowest BCUT2D eigenvalue weighted by Crippen LogP contribution is -2.13. The first-order chi connectivity index (χ1) is 14.5. The third kappa shape index (κ3) is 3.62. The van der Waals surface area contributed by atoms with Crippen LogP contribution in [0.3, 0.4) is 0 Å². The number of aryl methyl sites for hydroxylation is 1. The van der Waals surface area contributed by atoms with E-state index in [9.17, 15) is 4.79 Å². The maximum absolute atomic E-state index is 12.0. The van der Waals surface area contributed by atoms with E-state index in [1.165, 1.54) is 0 Å². The summed E-state index contributed by atoms with van der Waals surface area (Å²) in [5, 5.41) is 4.11. The fraction of sp³-hybridized carbons (Fsp3) is 0.174. The molecule has 0 saturated heterocycles. The Morgan fingerprint density at radius 2 is 1.93 bits per heavy atom. The number of anilines is 1. The van der Waals surface area contributed by atoms with E-state index in [0.717, 1.165) is 33.3 Å². The smallest absolute Gasteiger partial charge is 0.249 e. The Morgan fingerprint density at radius 1 is 1.17 bits per heavy atom. The van der Waals surface area contributed by atoms with Crippen LogP contribution in [-0.4, -0.2) is 20.9 Å². The van der Waals surface area contributed by atoms with Crippen molar-refractivity contribution < 1.29 is 4.79 Å². The molecule has 1 amide bonds. The highest BCUT2D eigenvalue weighted by molar-refractivity contribution is 6.11. The van der Waals surface area contributed by atoms with Crippen molar-refractivity contribution in [2.24, 2.45) is 11.5 Å². The zero-order valence-electron chi connectivity index (χ0n) is 16.9. The molecular formula is C23H24N6O. The van der Waals surface area contributed by atoms with Gasteiger partial charge in [0, 0.05) is 52.1 Å². The summed E-state index contributed by atoms with van der Waals surface area (Å²) in [6, 6.07) is 15.3. The van der Waals surface area contributed by atoms with Gasteiger partial charge in [-0.05, 0) is 31.5 Å². The third-order valence-electron chi connectivity index (χ3n) is 5.11. The Bertz CT molecular complexity index is 1210. The molecule has 2 aromatic heterocycles. The van der Waals surface area contributed by atoms with E-state index in [2.05, 4.69) is 15.3 Å². The van der Waals surface area contributed by atoms with Crippen LogP contribution < -0.4 is 16.8 Å². The summed E-state index contributed by atoms with van der Waals surface area (Å²) >= 11 is 0. The zero-order valence-corrected chi connectivity index (χ0v) is 16.9. The van der Waals surface area contributed by atoms with Gasteiger partial charge < -0.3 is 21.8 Å². The Kier molecular flexibility index (Phi) is 5.20. The van der Waals surface area contributed by atoms with Gasteiger partial charge in [-0.15, -0.1) is 0 Å². The molecule has 1 unspecified atom stereocenters. The van der Waals surface area contributed by atoms with Crippen molar-refractivity contribution in [1.29, 1.82) is 0 Å². The van der Waals surface area contributed by atoms with Crippen LogP contribution in [0, 0.1) is 6.92 Å². The standard InChI is InChI=1S/C23H24N6O/c1-13(24)17-12-27-23(29-22(17)26-11-15-7-4-3-5-8-15)19-14(2)28-18-10-6-9-16(20(18)19)21(25)30/h3-10,12-13,28H,11,24H2,1-2H3,(H2,25,30)(H,26,27,29). The molecule has 0 radical (unpaired) electrons. The number of hydrogen-bond donors (Lipinski definition) is 4. The predicted octanol–water partition coefficient (Wildman–Crippen LogP) is 3.66. The van der Waals surface area contributed by atoms with Crippen molar-refractivity contribution in [2.45, 2.75) is 26.4 Å². The molecule has 6 N–H and O–H groups in total. The summed E-state index contributed by atoms with van der Waals surface area (Å²) in [5.74, 6) is 0.687. The molecule has 0 fully saturated rings. The second-order valence-corrected chi connectivity index (χ2v) is 7.34. The van der Waals surface area contributed by atoms with Crippen LogP contribution in [0.2, 0.25) is 0 Å². The van der Waals surface area contributed by atoms with E-state index in [1.807, 2.05) is 50.2 Å². The van der Waals surface area contributed by atoms with Gasteiger partial charge in [0.15, 0.2) is 5.82 Å². The normalized spacial score (nSPS) is 12.1. The number of amides is 1. The molecule has 2 aromatic carbocycles. The van der Waals surface area contributed by atoms with Crippen LogP contribution in [0.15, 0.2) is 54.7 Å². The van der Waals surface area contributed by atoms with Gasteiger partial charge in [0.2, 0.25) is 5.91 Å². The minimum atomic E-state index is -0.490. The van der Waals surface area contributed by atoms with Gasteiger partial charge in [-0.25, -0.2) is 9.97 Å². The maximum Gasteiger partial charge on any atom is 0.249 e. The number of benzene rings is 2. The lowest BCUT2D eigenvalue weighted by Gasteiger charge is -2.15. The first-order valence-corrected chi connectivity index (χ1v) is 9.77. The Balaban J connectivity index is 1.82. The SMILES string of the molecule is Cc1[nH]c2cccc(C(N)=O)c2c1-c1ncc(C(C)N)c(NCc2ccccc2)n1. The van der Waals surface area contributed by atoms with Gasteiger partial charge in [0.1, 0.15) is 5.82 Å². The number of hydrogen-bond acceptors (Lipinski definition) is 5. The molecule has 4 aromatic rings. The summed E-state index contributed by atoms with van der Waals surface area (Å²) in [7, 11) is 0. The van der Waals surface area contributed by atoms with Crippen LogP contribution in [0.5, 0.6) is 0 Å². The molecule has 0 bridgehead atoms. The Labute approximate surface area is 174 Å².